The van der Waals surface area contributed by atoms with Crippen molar-refractivity contribution in [2.24, 2.45) is 10.7 Å². The number of carbonyl (C=O) groups excluding carboxylic acids is 2. The minimum Gasteiger partial charge on any atom is -0.378 e. The summed E-state index contributed by atoms with van der Waals surface area (Å²) in [5.41, 5.74) is 4.50. The molecule has 0 aromatic heterocycles. The zero-order valence-corrected chi connectivity index (χ0v) is 12.9. The van der Waals surface area contributed by atoms with Crippen molar-refractivity contribution in [3.63, 3.8) is 0 Å². The number of carbonyl (C=O) groups is 2. The molecule has 3 N–H and O–H groups in total. The molecule has 0 spiro atoms. The van der Waals surface area contributed by atoms with Gasteiger partial charge in [0.25, 0.3) is 11.8 Å². The van der Waals surface area contributed by atoms with Crippen LogP contribution in [0.2, 0.25) is 0 Å². The smallest absolute Gasteiger partial charge is 0.265 e. The van der Waals surface area contributed by atoms with Gasteiger partial charge in [0, 0.05) is 18.5 Å². The number of nitrogens with zero attached hydrogens (tertiary/aromatic N) is 3. The molecule has 0 saturated heterocycles. The quantitative estimate of drug-likeness (QED) is 0.775. The molecular formula is C15H14N4O3S. The highest BCUT2D eigenvalue weighted by Gasteiger charge is 2.58. The lowest BCUT2D eigenvalue weighted by molar-refractivity contribution is -0.140. The van der Waals surface area contributed by atoms with Crippen LogP contribution in [0.15, 0.2) is 29.3 Å². The van der Waals surface area contributed by atoms with Crippen molar-refractivity contribution in [2.45, 2.75) is 23.7 Å². The summed E-state index contributed by atoms with van der Waals surface area (Å²) >= 11 is 0.896. The van der Waals surface area contributed by atoms with E-state index >= 15 is 0 Å². The van der Waals surface area contributed by atoms with Crippen LogP contribution in [0.4, 0.5) is 5.69 Å². The van der Waals surface area contributed by atoms with Crippen LogP contribution in [0.25, 0.3) is 0 Å². The van der Waals surface area contributed by atoms with E-state index in [2.05, 4.69) is 4.99 Å². The maximum atomic E-state index is 12.9. The van der Waals surface area contributed by atoms with Gasteiger partial charge in [0.05, 0.1) is 11.8 Å². The molecule has 2 heterocycles. The number of aliphatic imine (C=N–C) groups is 1. The van der Waals surface area contributed by atoms with Crippen molar-refractivity contribution in [1.29, 1.82) is 5.26 Å². The zero-order chi connectivity index (χ0) is 16.6. The van der Waals surface area contributed by atoms with E-state index in [9.17, 15) is 14.7 Å². The second kappa shape index (κ2) is 5.68. The summed E-state index contributed by atoms with van der Waals surface area (Å²) in [6.45, 7) is 0.299. The van der Waals surface area contributed by atoms with Crippen LogP contribution in [0.5, 0.6) is 0 Å². The first-order valence-electron chi connectivity index (χ1n) is 7.05. The third-order valence-corrected chi connectivity index (χ3v) is 5.02. The highest BCUT2D eigenvalue weighted by atomic mass is 32.2. The number of benzene rings is 1. The van der Waals surface area contributed by atoms with Gasteiger partial charge in [-0.15, -0.1) is 0 Å². The van der Waals surface area contributed by atoms with Gasteiger partial charge in [-0.2, -0.15) is 10.3 Å². The van der Waals surface area contributed by atoms with Gasteiger partial charge in [0.2, 0.25) is 0 Å². The first-order chi connectivity index (χ1) is 11.0. The van der Waals surface area contributed by atoms with E-state index in [4.69, 9.17) is 11.0 Å². The Morgan fingerprint density at radius 1 is 1.43 bits per heavy atom. The molecule has 2 aliphatic heterocycles. The van der Waals surface area contributed by atoms with E-state index in [1.807, 2.05) is 6.07 Å². The number of rotatable bonds is 4. The molecule has 0 radical (unpaired) electrons. The molecule has 0 bridgehead atoms. The summed E-state index contributed by atoms with van der Waals surface area (Å²) in [5, 5.41) is 18.7. The fraction of sp³-hybridized carbons (Fsp3) is 0.333. The van der Waals surface area contributed by atoms with Crippen LogP contribution in [0.1, 0.15) is 18.4 Å². The van der Waals surface area contributed by atoms with E-state index in [-0.39, 0.29) is 5.17 Å². The van der Waals surface area contributed by atoms with Gasteiger partial charge >= 0.3 is 0 Å². The van der Waals surface area contributed by atoms with Crippen molar-refractivity contribution in [3.05, 3.63) is 29.8 Å². The Morgan fingerprint density at radius 3 is 2.83 bits per heavy atom. The maximum Gasteiger partial charge on any atom is 0.265 e. The number of anilines is 1. The number of amidine groups is 1. The first kappa shape index (κ1) is 15.5. The van der Waals surface area contributed by atoms with Gasteiger partial charge in [0.15, 0.2) is 10.8 Å². The van der Waals surface area contributed by atoms with Crippen molar-refractivity contribution >= 4 is 34.4 Å². The Labute approximate surface area is 136 Å². The Bertz CT molecular complexity index is 757. The monoisotopic (exact) mass is 330 g/mol. The molecule has 2 amide bonds. The SMILES string of the molecule is N#CCCCN1C(=O)C(O)(C2SC(N)=NC2=O)c2ccccc21. The van der Waals surface area contributed by atoms with Crippen molar-refractivity contribution in [1.82, 2.24) is 0 Å². The number of hydrogen-bond donors (Lipinski definition) is 2. The normalized spacial score (nSPS) is 26.2. The average molecular weight is 330 g/mol. The largest absolute Gasteiger partial charge is 0.378 e. The Morgan fingerprint density at radius 2 is 2.17 bits per heavy atom. The number of hydrogen-bond acceptors (Lipinski definition) is 6. The zero-order valence-electron chi connectivity index (χ0n) is 12.1. The summed E-state index contributed by atoms with van der Waals surface area (Å²) in [6, 6.07) is 8.82. The molecule has 118 valence electrons. The summed E-state index contributed by atoms with van der Waals surface area (Å²) < 4.78 is 0. The predicted octanol–water partition coefficient (Wildman–Crippen LogP) is 0.481. The van der Waals surface area contributed by atoms with Gasteiger partial charge < -0.3 is 15.7 Å². The minimum absolute atomic E-state index is 0.0432. The first-order valence-corrected chi connectivity index (χ1v) is 7.93. The Kier molecular flexibility index (Phi) is 3.83. The standard InChI is InChI=1S/C15H14N4O3S/c16-7-3-4-8-19-10-6-2-1-5-9(10)15(22,13(19)21)11-12(20)18-14(17)23-11/h1-2,5-6,11,22H,3-4,8H2,(H2,17,18,20). The molecule has 23 heavy (non-hydrogen) atoms. The molecule has 0 fully saturated rings. The molecule has 2 atom stereocenters. The fourth-order valence-corrected chi connectivity index (χ4v) is 3.82. The number of unbranched alkanes of at least 4 members (excludes halogenated alkanes) is 1. The van der Waals surface area contributed by atoms with Crippen LogP contribution < -0.4 is 10.6 Å². The number of para-hydroxylation sites is 1. The molecule has 1 aromatic rings. The lowest BCUT2D eigenvalue weighted by atomic mass is 9.91. The van der Waals surface area contributed by atoms with Gasteiger partial charge in [-0.3, -0.25) is 9.59 Å². The summed E-state index contributed by atoms with van der Waals surface area (Å²) in [7, 11) is 0. The molecule has 2 aliphatic rings. The lowest BCUT2D eigenvalue weighted by Crippen LogP contribution is -2.49. The second-order valence-electron chi connectivity index (χ2n) is 5.29. The number of nitrogens with two attached hydrogens (primary N) is 1. The molecule has 0 saturated carbocycles. The van der Waals surface area contributed by atoms with E-state index in [0.29, 0.717) is 30.6 Å². The van der Waals surface area contributed by atoms with E-state index in [0.717, 1.165) is 11.8 Å². The number of amides is 2. The molecule has 1 aromatic carbocycles. The summed E-state index contributed by atoms with van der Waals surface area (Å²) in [6.07, 6.45) is 0.786. The summed E-state index contributed by atoms with van der Waals surface area (Å²) in [5.74, 6) is -1.19. The summed E-state index contributed by atoms with van der Waals surface area (Å²) in [4.78, 5) is 29.9. The highest BCUT2D eigenvalue weighted by Crippen LogP contribution is 2.47. The topological polar surface area (TPSA) is 120 Å². The minimum atomic E-state index is -1.99. The van der Waals surface area contributed by atoms with Gasteiger partial charge in [0.1, 0.15) is 5.25 Å². The third kappa shape index (κ3) is 2.29. The van der Waals surface area contributed by atoms with Crippen LogP contribution >= 0.6 is 11.8 Å². The molecule has 0 aliphatic carbocycles. The number of fused-ring (bicyclic) bond motifs is 1. The Balaban J connectivity index is 2.00. The lowest BCUT2D eigenvalue weighted by Gasteiger charge is -2.26. The predicted molar refractivity (Wildman–Crippen MR) is 85.5 cm³/mol. The number of nitriles is 1. The van der Waals surface area contributed by atoms with E-state index in [1.54, 1.807) is 24.3 Å². The fourth-order valence-electron chi connectivity index (χ4n) is 2.88. The molecular weight excluding hydrogens is 316 g/mol. The molecule has 7 nitrogen and oxygen atoms in total. The van der Waals surface area contributed by atoms with Crippen LogP contribution in [0.3, 0.4) is 0 Å². The van der Waals surface area contributed by atoms with Crippen LogP contribution in [-0.4, -0.2) is 33.9 Å². The van der Waals surface area contributed by atoms with Gasteiger partial charge in [-0.1, -0.05) is 30.0 Å². The van der Waals surface area contributed by atoms with Crippen LogP contribution in [0, 0.1) is 11.3 Å². The van der Waals surface area contributed by atoms with E-state index in [1.165, 1.54) is 4.90 Å². The molecule has 8 heteroatoms. The van der Waals surface area contributed by atoms with Crippen molar-refractivity contribution in [3.8, 4) is 6.07 Å². The van der Waals surface area contributed by atoms with Crippen LogP contribution in [-0.2, 0) is 15.2 Å². The highest BCUT2D eigenvalue weighted by molar-refractivity contribution is 8.15. The van der Waals surface area contributed by atoms with Crippen molar-refractivity contribution in [2.75, 3.05) is 11.4 Å². The number of thioether (sulfide) groups is 1. The van der Waals surface area contributed by atoms with E-state index < -0.39 is 22.7 Å². The molecule has 3 rings (SSSR count). The average Bonchev–Trinajstić information content (AvgIpc) is 2.98. The Hall–Kier alpha value is -2.37. The maximum absolute atomic E-state index is 12.9. The third-order valence-electron chi connectivity index (χ3n) is 3.91. The second-order valence-corrected chi connectivity index (χ2v) is 6.41. The molecule has 2 unspecified atom stereocenters. The van der Waals surface area contributed by atoms with Crippen molar-refractivity contribution < 1.29 is 14.7 Å². The van der Waals surface area contributed by atoms with Gasteiger partial charge in [-0.25, -0.2) is 0 Å². The number of aliphatic hydroxyl groups is 1. The van der Waals surface area contributed by atoms with Gasteiger partial charge in [-0.05, 0) is 12.5 Å².